The third kappa shape index (κ3) is 9.60. The quantitative estimate of drug-likeness (QED) is 0.372. The van der Waals surface area contributed by atoms with E-state index in [2.05, 4.69) is 31.3 Å². The summed E-state index contributed by atoms with van der Waals surface area (Å²) >= 11 is 1.77. The van der Waals surface area contributed by atoms with Gasteiger partial charge in [0.1, 0.15) is 6.04 Å². The topological polar surface area (TPSA) is 90.0 Å². The minimum Gasteiger partial charge on any atom is -0.478 e. The standard InChI is InChI=1S/C25H39N3O4S/c1-17(2)33-23(19-12-10-9-11-13-19)28(8)16-20(29)26-21(25(4,5)6)22(30)27(7)15-14-18(3)24(31)32/h9-14,17,21,23H,15-16H2,1-8H3,(H,26,29)(H,31,32)/b18-14+/t21?,23-/m0/s1. The zero-order valence-corrected chi connectivity index (χ0v) is 21.9. The SMILES string of the molecule is C/C(=C\CN(C)C(=O)C(NC(=O)CN(C)[C@@H](SC(C)C)c1ccccc1)C(C)(C)C)C(=O)O. The van der Waals surface area contributed by atoms with E-state index in [1.54, 1.807) is 18.8 Å². The van der Waals surface area contributed by atoms with Crippen LogP contribution < -0.4 is 5.32 Å². The number of carbonyl (C=O) groups excluding carboxylic acids is 2. The first-order valence-electron chi connectivity index (χ1n) is 11.1. The molecule has 8 heteroatoms. The number of thioether (sulfide) groups is 1. The largest absolute Gasteiger partial charge is 0.478 e. The van der Waals surface area contributed by atoms with Crippen LogP contribution in [0.3, 0.4) is 0 Å². The number of carbonyl (C=O) groups is 3. The van der Waals surface area contributed by atoms with E-state index in [1.807, 2.05) is 50.9 Å². The molecule has 0 aliphatic carbocycles. The lowest BCUT2D eigenvalue weighted by Gasteiger charge is -2.34. The number of hydrogen-bond acceptors (Lipinski definition) is 5. The summed E-state index contributed by atoms with van der Waals surface area (Å²) in [5.41, 5.74) is 0.772. The average Bonchev–Trinajstić information content (AvgIpc) is 2.72. The summed E-state index contributed by atoms with van der Waals surface area (Å²) in [6.07, 6.45) is 1.49. The highest BCUT2D eigenvalue weighted by molar-refractivity contribution is 8.00. The molecule has 2 atom stereocenters. The lowest BCUT2D eigenvalue weighted by atomic mass is 9.85. The van der Waals surface area contributed by atoms with Gasteiger partial charge in [-0.15, -0.1) is 11.8 Å². The Kier molecular flexibility index (Phi) is 11.1. The van der Waals surface area contributed by atoms with E-state index in [0.717, 1.165) is 5.56 Å². The highest BCUT2D eigenvalue weighted by atomic mass is 32.2. The van der Waals surface area contributed by atoms with E-state index in [4.69, 9.17) is 5.11 Å². The maximum Gasteiger partial charge on any atom is 0.331 e. The second kappa shape index (κ2) is 12.8. The molecule has 0 saturated heterocycles. The molecule has 2 amide bonds. The summed E-state index contributed by atoms with van der Waals surface area (Å²) in [5.74, 6) is -1.52. The minimum absolute atomic E-state index is 0.00698. The van der Waals surface area contributed by atoms with Gasteiger partial charge in [0.25, 0.3) is 0 Å². The number of likely N-dealkylation sites (N-methyl/N-ethyl adjacent to an activating group) is 2. The molecule has 0 aliphatic heterocycles. The van der Waals surface area contributed by atoms with Gasteiger partial charge >= 0.3 is 5.97 Å². The predicted molar refractivity (Wildman–Crippen MR) is 135 cm³/mol. The van der Waals surface area contributed by atoms with Gasteiger partial charge in [-0.05, 0) is 24.9 Å². The summed E-state index contributed by atoms with van der Waals surface area (Å²) in [5, 5.41) is 12.3. The van der Waals surface area contributed by atoms with E-state index in [-0.39, 0.29) is 35.9 Å². The molecule has 0 heterocycles. The highest BCUT2D eigenvalue weighted by Gasteiger charge is 2.35. The van der Waals surface area contributed by atoms with Gasteiger partial charge in [-0.1, -0.05) is 71.0 Å². The minimum atomic E-state index is -1.02. The lowest BCUT2D eigenvalue weighted by molar-refractivity contribution is -0.138. The van der Waals surface area contributed by atoms with E-state index in [9.17, 15) is 14.4 Å². The van der Waals surface area contributed by atoms with Crippen LogP contribution >= 0.6 is 11.8 Å². The number of carboxylic acids is 1. The number of hydrogen-bond donors (Lipinski definition) is 2. The van der Waals surface area contributed by atoms with E-state index in [1.165, 1.54) is 17.9 Å². The third-order valence-corrected chi connectivity index (χ3v) is 6.52. The van der Waals surface area contributed by atoms with Crippen LogP contribution in [0.5, 0.6) is 0 Å². The maximum atomic E-state index is 13.1. The molecule has 0 spiro atoms. The van der Waals surface area contributed by atoms with E-state index < -0.39 is 17.4 Å². The van der Waals surface area contributed by atoms with Gasteiger partial charge in [0.15, 0.2) is 0 Å². The summed E-state index contributed by atoms with van der Waals surface area (Å²) in [6.45, 7) is 11.7. The molecule has 0 radical (unpaired) electrons. The van der Waals surface area contributed by atoms with E-state index in [0.29, 0.717) is 5.25 Å². The average molecular weight is 478 g/mol. The van der Waals surface area contributed by atoms with Crippen molar-refractivity contribution in [3.8, 4) is 0 Å². The first-order chi connectivity index (χ1) is 15.2. The number of carboxylic acid groups (broad SMARTS) is 1. The fourth-order valence-electron chi connectivity index (χ4n) is 3.15. The van der Waals surface area contributed by atoms with Crippen molar-refractivity contribution < 1.29 is 19.5 Å². The fraction of sp³-hybridized carbons (Fsp3) is 0.560. The van der Waals surface area contributed by atoms with Crippen molar-refractivity contribution >= 4 is 29.5 Å². The lowest BCUT2D eigenvalue weighted by Crippen LogP contribution is -2.55. The van der Waals surface area contributed by atoms with Crippen LogP contribution in [0.1, 0.15) is 52.5 Å². The normalized spacial score (nSPS) is 14.2. The number of nitrogens with one attached hydrogen (secondary N) is 1. The van der Waals surface area contributed by atoms with Crippen LogP contribution in [0.15, 0.2) is 42.0 Å². The Morgan fingerprint density at radius 2 is 1.70 bits per heavy atom. The molecule has 1 unspecified atom stereocenters. The molecular weight excluding hydrogens is 438 g/mol. The van der Waals surface area contributed by atoms with Crippen molar-refractivity contribution in [1.82, 2.24) is 15.1 Å². The molecule has 0 bridgehead atoms. The van der Waals surface area contributed by atoms with Gasteiger partial charge in [0.2, 0.25) is 11.8 Å². The molecule has 1 aromatic rings. The van der Waals surface area contributed by atoms with Crippen LogP contribution in [0, 0.1) is 5.41 Å². The van der Waals surface area contributed by atoms with Crippen molar-refractivity contribution in [2.45, 2.75) is 58.2 Å². The highest BCUT2D eigenvalue weighted by Crippen LogP contribution is 2.34. The summed E-state index contributed by atoms with van der Waals surface area (Å²) in [7, 11) is 3.52. The second-order valence-electron chi connectivity index (χ2n) is 9.64. The number of aliphatic carboxylic acids is 1. The van der Waals surface area contributed by atoms with Crippen molar-refractivity contribution in [1.29, 1.82) is 0 Å². The van der Waals surface area contributed by atoms with Gasteiger partial charge in [-0.25, -0.2) is 4.79 Å². The van der Waals surface area contributed by atoms with Crippen molar-refractivity contribution in [2.75, 3.05) is 27.2 Å². The molecule has 7 nitrogen and oxygen atoms in total. The zero-order chi connectivity index (χ0) is 25.3. The fourth-order valence-corrected chi connectivity index (χ4v) is 4.26. The predicted octanol–water partition coefficient (Wildman–Crippen LogP) is 3.78. The molecule has 33 heavy (non-hydrogen) atoms. The number of amides is 2. The number of rotatable bonds is 11. The first-order valence-corrected chi connectivity index (χ1v) is 12.0. The Morgan fingerprint density at radius 1 is 1.12 bits per heavy atom. The summed E-state index contributed by atoms with van der Waals surface area (Å²) in [6, 6.07) is 9.31. The number of benzene rings is 1. The Hall–Kier alpha value is -2.32. The molecule has 0 saturated carbocycles. The van der Waals surface area contributed by atoms with Gasteiger partial charge in [0.05, 0.1) is 11.9 Å². The summed E-state index contributed by atoms with van der Waals surface area (Å²) in [4.78, 5) is 40.5. The third-order valence-electron chi connectivity index (χ3n) is 5.08. The molecule has 184 valence electrons. The molecule has 0 fully saturated rings. The number of nitrogens with zero attached hydrogens (tertiary/aromatic N) is 2. The van der Waals surface area contributed by atoms with Crippen LogP contribution in [-0.4, -0.2) is 71.2 Å². The Balaban J connectivity index is 2.94. The van der Waals surface area contributed by atoms with Gasteiger partial charge in [-0.3, -0.25) is 14.5 Å². The van der Waals surface area contributed by atoms with Crippen LogP contribution in [-0.2, 0) is 14.4 Å². The smallest absolute Gasteiger partial charge is 0.331 e. The molecule has 0 aliphatic rings. The second-order valence-corrected chi connectivity index (χ2v) is 11.3. The van der Waals surface area contributed by atoms with Gasteiger partial charge in [0, 0.05) is 24.4 Å². The van der Waals surface area contributed by atoms with Crippen LogP contribution in [0.25, 0.3) is 0 Å². The Labute approximate surface area is 202 Å². The Morgan fingerprint density at radius 3 is 2.18 bits per heavy atom. The molecule has 2 N–H and O–H groups in total. The van der Waals surface area contributed by atoms with E-state index >= 15 is 0 Å². The Bertz CT molecular complexity index is 834. The summed E-state index contributed by atoms with van der Waals surface area (Å²) < 4.78 is 0. The van der Waals surface area contributed by atoms with Gasteiger partial charge < -0.3 is 15.3 Å². The molecule has 1 aromatic carbocycles. The molecule has 1 rings (SSSR count). The van der Waals surface area contributed by atoms with Crippen LogP contribution in [0.4, 0.5) is 0 Å². The maximum absolute atomic E-state index is 13.1. The monoisotopic (exact) mass is 477 g/mol. The first kappa shape index (κ1) is 28.7. The van der Waals surface area contributed by atoms with Crippen molar-refractivity contribution in [3.63, 3.8) is 0 Å². The molecular formula is C25H39N3O4S. The zero-order valence-electron chi connectivity index (χ0n) is 21.1. The van der Waals surface area contributed by atoms with Crippen molar-refractivity contribution in [2.24, 2.45) is 5.41 Å². The van der Waals surface area contributed by atoms with Crippen molar-refractivity contribution in [3.05, 3.63) is 47.5 Å². The van der Waals surface area contributed by atoms with Gasteiger partial charge in [-0.2, -0.15) is 0 Å². The van der Waals surface area contributed by atoms with Crippen LogP contribution in [0.2, 0.25) is 0 Å². The molecule has 0 aromatic heterocycles.